The lowest BCUT2D eigenvalue weighted by Crippen LogP contribution is -1.88. The van der Waals surface area contributed by atoms with Crippen molar-refractivity contribution in [1.82, 2.24) is 0 Å². The summed E-state index contributed by atoms with van der Waals surface area (Å²) in [6, 6.07) is 15.6. The lowest BCUT2D eigenvalue weighted by atomic mass is 9.99. The Morgan fingerprint density at radius 1 is 0.516 bits per heavy atom. The lowest BCUT2D eigenvalue weighted by Gasteiger charge is -2.06. The highest BCUT2D eigenvalue weighted by Gasteiger charge is 2.00. The maximum Gasteiger partial charge on any atom is -0.0152 e. The van der Waals surface area contributed by atoms with Gasteiger partial charge in [-0.05, 0) is 54.9 Å². The van der Waals surface area contributed by atoms with Gasteiger partial charge in [0, 0.05) is 0 Å². The normalized spacial score (nSPS) is 11.6. The second kappa shape index (κ2) is 18.1. The summed E-state index contributed by atoms with van der Waals surface area (Å²) >= 11 is 0. The third-order valence-corrected chi connectivity index (χ3v) is 6.59. The molecule has 0 saturated heterocycles. The average Bonchev–Trinajstić information content (AvgIpc) is 2.80. The van der Waals surface area contributed by atoms with Gasteiger partial charge in [-0.15, -0.1) is 0 Å². The molecule has 2 rings (SSSR count). The van der Waals surface area contributed by atoms with E-state index in [4.69, 9.17) is 0 Å². The van der Waals surface area contributed by atoms with Crippen molar-refractivity contribution in [2.45, 2.75) is 122 Å². The van der Waals surface area contributed by atoms with Gasteiger partial charge in [0.05, 0.1) is 0 Å². The van der Waals surface area contributed by atoms with Crippen LogP contribution in [-0.2, 0) is 6.42 Å². The highest BCUT2D eigenvalue weighted by atomic mass is 14.1. The molecule has 0 saturated carbocycles. The van der Waals surface area contributed by atoms with Crippen molar-refractivity contribution in [2.75, 3.05) is 0 Å². The minimum absolute atomic E-state index is 1.23. The van der Waals surface area contributed by atoms with Crippen LogP contribution in [0.4, 0.5) is 0 Å². The largest absolute Gasteiger partial charge is 0.0885 e. The molecule has 0 aliphatic rings. The third-order valence-electron chi connectivity index (χ3n) is 6.59. The van der Waals surface area contributed by atoms with Gasteiger partial charge in [0.15, 0.2) is 0 Å². The molecule has 0 aliphatic heterocycles. The quantitative estimate of drug-likeness (QED) is 0.156. The number of hydrogen-bond donors (Lipinski definition) is 0. The van der Waals surface area contributed by atoms with E-state index in [0.29, 0.717) is 0 Å². The summed E-state index contributed by atoms with van der Waals surface area (Å²) in [5.74, 6) is 0. The Morgan fingerprint density at radius 3 is 1.68 bits per heavy atom. The molecule has 0 fully saturated rings. The van der Waals surface area contributed by atoms with E-state index in [2.05, 4.69) is 61.5 Å². The van der Waals surface area contributed by atoms with E-state index >= 15 is 0 Å². The number of aryl methyl sites for hydroxylation is 1. The number of rotatable bonds is 19. The third kappa shape index (κ3) is 12.2. The van der Waals surface area contributed by atoms with E-state index in [1.165, 1.54) is 132 Å². The fourth-order valence-corrected chi connectivity index (χ4v) is 4.60. The van der Waals surface area contributed by atoms with Crippen molar-refractivity contribution in [3.05, 3.63) is 60.2 Å². The first-order valence-corrected chi connectivity index (χ1v) is 13.5. The van der Waals surface area contributed by atoms with Gasteiger partial charge < -0.3 is 0 Å². The van der Waals surface area contributed by atoms with Crippen LogP contribution < -0.4 is 0 Å². The number of fused-ring (bicyclic) bond motifs is 1. The van der Waals surface area contributed by atoms with Crippen molar-refractivity contribution >= 4 is 10.8 Å². The van der Waals surface area contributed by atoms with Gasteiger partial charge in [0.25, 0.3) is 0 Å². The van der Waals surface area contributed by atoms with Gasteiger partial charge >= 0.3 is 0 Å². The van der Waals surface area contributed by atoms with Crippen LogP contribution in [0.15, 0.2) is 54.6 Å². The van der Waals surface area contributed by atoms with E-state index < -0.39 is 0 Å². The highest BCUT2D eigenvalue weighted by Crippen LogP contribution is 2.21. The van der Waals surface area contributed by atoms with Crippen LogP contribution in [0.5, 0.6) is 0 Å². The Balaban J connectivity index is 1.35. The summed E-state index contributed by atoms with van der Waals surface area (Å²) in [7, 11) is 0. The monoisotopic (exact) mass is 420 g/mol. The minimum Gasteiger partial charge on any atom is -0.0885 e. The average molecular weight is 421 g/mol. The van der Waals surface area contributed by atoms with E-state index in [1.54, 1.807) is 0 Å². The highest BCUT2D eigenvalue weighted by molar-refractivity contribution is 5.85. The second-order valence-electron chi connectivity index (χ2n) is 9.39. The predicted molar refractivity (Wildman–Crippen MR) is 141 cm³/mol. The molecule has 172 valence electrons. The van der Waals surface area contributed by atoms with Crippen molar-refractivity contribution in [3.8, 4) is 0 Å². The number of unbranched alkanes of at least 4 members (excludes halogenated alkanes) is 15. The molecule has 0 N–H and O–H groups in total. The molecule has 0 aromatic heterocycles. The van der Waals surface area contributed by atoms with Crippen molar-refractivity contribution < 1.29 is 0 Å². The summed E-state index contributed by atoms with van der Waals surface area (Å²) < 4.78 is 0. The van der Waals surface area contributed by atoms with Crippen LogP contribution in [0, 0.1) is 0 Å². The Kier molecular flexibility index (Phi) is 15.0. The zero-order chi connectivity index (χ0) is 21.8. The maximum atomic E-state index is 2.43. The molecule has 0 heteroatoms. The van der Waals surface area contributed by atoms with Gasteiger partial charge in [-0.2, -0.15) is 0 Å². The van der Waals surface area contributed by atoms with Gasteiger partial charge in [-0.25, -0.2) is 0 Å². The molecule has 0 bridgehead atoms. The fraction of sp³-hybridized carbons (Fsp3) is 0.613. The first-order chi connectivity index (χ1) is 15.4. The Bertz CT molecular complexity index is 691. The summed E-state index contributed by atoms with van der Waals surface area (Å²) in [5, 5.41) is 2.83. The molecule has 0 radical (unpaired) electrons. The van der Waals surface area contributed by atoms with Gasteiger partial charge in [0.2, 0.25) is 0 Å². The molecule has 0 heterocycles. The van der Waals surface area contributed by atoms with Crippen LogP contribution in [0.2, 0.25) is 0 Å². The smallest absolute Gasteiger partial charge is 0.0152 e. The fourth-order valence-electron chi connectivity index (χ4n) is 4.60. The number of hydrogen-bond acceptors (Lipinski definition) is 0. The standard InChI is InChI=1S/C31H48/c1-2-3-4-5-6-7-8-9-10-11-12-13-14-15-16-17-18-19-20-24-29-26-23-27-30-25-21-22-28-31(29)30/h10-11,21-23,25-28H,2-9,12-20,24H2,1H3/b11-10+. The first-order valence-electron chi connectivity index (χ1n) is 13.5. The molecule has 0 aliphatic carbocycles. The summed E-state index contributed by atoms with van der Waals surface area (Å²) in [5.41, 5.74) is 1.53. The van der Waals surface area contributed by atoms with Crippen molar-refractivity contribution in [2.24, 2.45) is 0 Å². The Morgan fingerprint density at radius 2 is 1.03 bits per heavy atom. The van der Waals surface area contributed by atoms with E-state index in [-0.39, 0.29) is 0 Å². The van der Waals surface area contributed by atoms with Gasteiger partial charge in [0.1, 0.15) is 0 Å². The summed E-state index contributed by atoms with van der Waals surface area (Å²) in [4.78, 5) is 0. The van der Waals surface area contributed by atoms with Crippen LogP contribution in [0.3, 0.4) is 0 Å². The molecular formula is C31H48. The molecule has 2 aromatic rings. The Hall–Kier alpha value is -1.56. The van der Waals surface area contributed by atoms with Crippen LogP contribution >= 0.6 is 0 Å². The first kappa shape index (κ1) is 25.7. The second-order valence-corrected chi connectivity index (χ2v) is 9.39. The predicted octanol–water partition coefficient (Wildman–Crippen LogP) is 10.6. The van der Waals surface area contributed by atoms with E-state index in [1.807, 2.05) is 0 Å². The molecule has 0 atom stereocenters. The molecule has 0 nitrogen and oxygen atoms in total. The summed E-state index contributed by atoms with van der Waals surface area (Å²) in [6.45, 7) is 2.29. The van der Waals surface area contributed by atoms with E-state index in [0.717, 1.165) is 0 Å². The molecule has 0 unspecified atom stereocenters. The molecule has 2 aromatic carbocycles. The number of benzene rings is 2. The zero-order valence-corrected chi connectivity index (χ0v) is 20.4. The summed E-state index contributed by atoms with van der Waals surface area (Å²) in [6.07, 6.45) is 29.8. The van der Waals surface area contributed by atoms with Crippen LogP contribution in [0.25, 0.3) is 10.8 Å². The van der Waals surface area contributed by atoms with Crippen molar-refractivity contribution in [3.63, 3.8) is 0 Å². The Labute approximate surface area is 193 Å². The number of allylic oxidation sites excluding steroid dienone is 2. The lowest BCUT2D eigenvalue weighted by molar-refractivity contribution is 0.569. The molecule has 0 spiro atoms. The van der Waals surface area contributed by atoms with E-state index in [9.17, 15) is 0 Å². The van der Waals surface area contributed by atoms with Crippen molar-refractivity contribution in [1.29, 1.82) is 0 Å². The topological polar surface area (TPSA) is 0 Å². The minimum atomic E-state index is 1.23. The SMILES string of the molecule is CCCCCCCCC/C=C/CCCCCCCCCCc1cccc2ccccc12. The molecule has 0 amide bonds. The zero-order valence-electron chi connectivity index (χ0n) is 20.4. The molecule has 31 heavy (non-hydrogen) atoms. The van der Waals surface area contributed by atoms with Gasteiger partial charge in [-0.1, -0.05) is 139 Å². The van der Waals surface area contributed by atoms with Crippen LogP contribution in [-0.4, -0.2) is 0 Å². The molecular weight excluding hydrogens is 372 g/mol. The maximum absolute atomic E-state index is 2.43. The van der Waals surface area contributed by atoms with Crippen LogP contribution in [0.1, 0.15) is 122 Å². The van der Waals surface area contributed by atoms with Gasteiger partial charge in [-0.3, -0.25) is 0 Å².